The maximum Gasteiger partial charge on any atom is 0.303 e. The zero-order valence-electron chi connectivity index (χ0n) is 14.5. The second kappa shape index (κ2) is 6.69. The Kier molecular flexibility index (Phi) is 4.65. The summed E-state index contributed by atoms with van der Waals surface area (Å²) < 4.78 is 32.6. The van der Waals surface area contributed by atoms with Crippen LogP contribution in [0.15, 0.2) is 11.4 Å². The minimum Gasteiger partial charge on any atom is -0.370 e. The molecule has 144 valence electrons. The molecule has 3 aliphatic heterocycles. The number of piperidine rings is 2. The van der Waals surface area contributed by atoms with Gasteiger partial charge in [0, 0.05) is 58.1 Å². The number of likely N-dealkylation sites (tertiary alicyclic amines) is 1. The highest BCUT2D eigenvalue weighted by Gasteiger charge is 2.48. The zero-order valence-corrected chi connectivity index (χ0v) is 15.4. The third kappa shape index (κ3) is 3.57. The van der Waals surface area contributed by atoms with E-state index in [4.69, 9.17) is 4.74 Å². The van der Waals surface area contributed by atoms with Crippen LogP contribution in [0.4, 0.5) is 19.5 Å². The number of nitro groups is 1. The molecule has 4 rings (SSSR count). The molecule has 1 aromatic rings. The lowest BCUT2D eigenvalue weighted by molar-refractivity contribution is -0.383. The molecule has 0 radical (unpaired) electrons. The smallest absolute Gasteiger partial charge is 0.303 e. The van der Waals surface area contributed by atoms with Crippen molar-refractivity contribution in [3.8, 4) is 0 Å². The molecule has 3 saturated heterocycles. The predicted octanol–water partition coefficient (Wildman–Crippen LogP) is 3.52. The predicted molar refractivity (Wildman–Crippen MR) is 95.3 cm³/mol. The van der Waals surface area contributed by atoms with E-state index in [1.807, 2.05) is 0 Å². The summed E-state index contributed by atoms with van der Waals surface area (Å²) in [6, 6.07) is 1.56. The van der Waals surface area contributed by atoms with Gasteiger partial charge in [-0.2, -0.15) is 0 Å². The largest absolute Gasteiger partial charge is 0.370 e. The summed E-state index contributed by atoms with van der Waals surface area (Å²) in [5, 5.41) is 13.6. The molecule has 9 heteroatoms. The summed E-state index contributed by atoms with van der Waals surface area (Å²) in [6.45, 7) is 3.12. The second-order valence-corrected chi connectivity index (χ2v) is 8.53. The molecular weight excluding hydrogens is 364 g/mol. The van der Waals surface area contributed by atoms with E-state index in [0.29, 0.717) is 13.1 Å². The van der Waals surface area contributed by atoms with Crippen molar-refractivity contribution in [2.75, 3.05) is 37.6 Å². The molecule has 6 nitrogen and oxygen atoms in total. The average Bonchev–Trinajstić information content (AvgIpc) is 3.06. The van der Waals surface area contributed by atoms with Crippen LogP contribution in [-0.4, -0.2) is 60.2 Å². The van der Waals surface area contributed by atoms with Crippen LogP contribution in [0.1, 0.15) is 32.1 Å². The molecule has 0 N–H and O–H groups in total. The van der Waals surface area contributed by atoms with Gasteiger partial charge in [-0.15, -0.1) is 11.3 Å². The van der Waals surface area contributed by atoms with E-state index in [1.165, 1.54) is 11.3 Å². The van der Waals surface area contributed by atoms with Crippen molar-refractivity contribution in [3.63, 3.8) is 0 Å². The Morgan fingerprint density at radius 2 is 1.88 bits per heavy atom. The van der Waals surface area contributed by atoms with E-state index < -0.39 is 5.92 Å². The number of rotatable bonds is 4. The van der Waals surface area contributed by atoms with Crippen molar-refractivity contribution in [1.29, 1.82) is 0 Å². The van der Waals surface area contributed by atoms with Gasteiger partial charge < -0.3 is 14.5 Å². The fraction of sp³-hybridized carbons (Fsp3) is 0.765. The Hall–Kier alpha value is -1.32. The molecule has 3 fully saturated rings. The molecule has 3 aliphatic rings. The summed E-state index contributed by atoms with van der Waals surface area (Å²) in [6.07, 6.45) is 2.69. The van der Waals surface area contributed by atoms with Crippen LogP contribution in [0.5, 0.6) is 0 Å². The van der Waals surface area contributed by atoms with Crippen LogP contribution in [-0.2, 0) is 4.74 Å². The molecule has 0 aromatic carbocycles. The Balaban J connectivity index is 1.25. The first-order valence-electron chi connectivity index (χ1n) is 9.11. The van der Waals surface area contributed by atoms with E-state index in [-0.39, 0.29) is 35.2 Å². The third-order valence-corrected chi connectivity index (χ3v) is 6.81. The van der Waals surface area contributed by atoms with Gasteiger partial charge in [0.15, 0.2) is 5.00 Å². The van der Waals surface area contributed by atoms with Crippen LogP contribution in [0.3, 0.4) is 0 Å². The lowest BCUT2D eigenvalue weighted by Gasteiger charge is -2.53. The molecular formula is C17H23F2N3O3S. The summed E-state index contributed by atoms with van der Waals surface area (Å²) in [5.74, 6) is -2.50. The van der Waals surface area contributed by atoms with Crippen LogP contribution in [0.25, 0.3) is 0 Å². The van der Waals surface area contributed by atoms with Crippen molar-refractivity contribution in [2.45, 2.75) is 49.7 Å². The normalized spacial score (nSPS) is 28.1. The fourth-order valence-corrected chi connectivity index (χ4v) is 5.24. The third-order valence-electron chi connectivity index (χ3n) is 5.85. The molecule has 1 spiro atoms. The molecule has 0 unspecified atom stereocenters. The second-order valence-electron chi connectivity index (χ2n) is 7.64. The Labute approximate surface area is 154 Å². The van der Waals surface area contributed by atoms with Crippen molar-refractivity contribution >= 4 is 22.0 Å². The number of nitrogens with zero attached hydrogens (tertiary/aromatic N) is 3. The first kappa shape index (κ1) is 18.1. The minimum absolute atomic E-state index is 0.0561. The first-order chi connectivity index (χ1) is 12.4. The Bertz CT molecular complexity index is 658. The highest BCUT2D eigenvalue weighted by atomic mass is 32.1. The SMILES string of the molecule is O=[N+]([O-])c1ccsc1N1CCC2(CC1)C[C@H](CN1CCC(F)(F)CC1)O2. The van der Waals surface area contributed by atoms with Crippen LogP contribution in [0, 0.1) is 10.1 Å². The van der Waals surface area contributed by atoms with Crippen LogP contribution < -0.4 is 4.90 Å². The summed E-state index contributed by atoms with van der Waals surface area (Å²) in [4.78, 5) is 14.9. The lowest BCUT2D eigenvalue weighted by Crippen LogP contribution is -2.59. The maximum absolute atomic E-state index is 13.2. The molecule has 0 bridgehead atoms. The van der Waals surface area contributed by atoms with Crippen LogP contribution >= 0.6 is 11.3 Å². The van der Waals surface area contributed by atoms with Crippen molar-refractivity contribution in [3.05, 3.63) is 21.6 Å². The maximum atomic E-state index is 13.2. The summed E-state index contributed by atoms with van der Waals surface area (Å²) in [7, 11) is 0. The summed E-state index contributed by atoms with van der Waals surface area (Å²) in [5.41, 5.74) is 0.0627. The average molecular weight is 387 g/mol. The zero-order chi connectivity index (χ0) is 18.4. The van der Waals surface area contributed by atoms with E-state index in [1.54, 1.807) is 11.4 Å². The molecule has 26 heavy (non-hydrogen) atoms. The highest BCUT2D eigenvalue weighted by Crippen LogP contribution is 2.44. The topological polar surface area (TPSA) is 58.9 Å². The van der Waals surface area contributed by atoms with Crippen molar-refractivity contribution < 1.29 is 18.4 Å². The number of halogens is 2. The fourth-order valence-electron chi connectivity index (χ4n) is 4.32. The molecule has 4 heterocycles. The van der Waals surface area contributed by atoms with Gasteiger partial charge >= 0.3 is 5.69 Å². The van der Waals surface area contributed by atoms with Gasteiger partial charge in [-0.25, -0.2) is 8.78 Å². The Morgan fingerprint density at radius 3 is 2.50 bits per heavy atom. The van der Waals surface area contributed by atoms with E-state index in [9.17, 15) is 18.9 Å². The quantitative estimate of drug-likeness (QED) is 0.584. The van der Waals surface area contributed by atoms with Crippen molar-refractivity contribution in [1.82, 2.24) is 4.90 Å². The van der Waals surface area contributed by atoms with Gasteiger partial charge in [0.05, 0.1) is 16.6 Å². The monoisotopic (exact) mass is 387 g/mol. The number of thiophene rings is 1. The number of hydrogen-bond acceptors (Lipinski definition) is 6. The van der Waals surface area contributed by atoms with Gasteiger partial charge in [-0.3, -0.25) is 10.1 Å². The standard InChI is InChI=1S/C17H23F2N3O3S/c18-17(19)4-6-20(7-5-17)12-13-11-16(25-13)2-8-21(9-3-16)15-14(22(23)24)1-10-26-15/h1,10,13H,2-9,11-12H2/t13-/m1/s1. The van der Waals surface area contributed by atoms with E-state index in [0.717, 1.165) is 43.9 Å². The Morgan fingerprint density at radius 1 is 1.23 bits per heavy atom. The molecule has 0 saturated carbocycles. The van der Waals surface area contributed by atoms with E-state index >= 15 is 0 Å². The van der Waals surface area contributed by atoms with E-state index in [2.05, 4.69) is 9.80 Å². The number of anilines is 1. The van der Waals surface area contributed by atoms with Gasteiger partial charge in [0.1, 0.15) is 0 Å². The molecule has 1 aromatic heterocycles. The molecule has 1 atom stereocenters. The lowest BCUT2D eigenvalue weighted by atomic mass is 9.80. The molecule has 0 amide bonds. The number of hydrogen-bond donors (Lipinski definition) is 0. The highest BCUT2D eigenvalue weighted by molar-refractivity contribution is 7.14. The van der Waals surface area contributed by atoms with Crippen molar-refractivity contribution in [2.24, 2.45) is 0 Å². The first-order valence-corrected chi connectivity index (χ1v) is 9.99. The van der Waals surface area contributed by atoms with Gasteiger partial charge in [-0.05, 0) is 18.2 Å². The van der Waals surface area contributed by atoms with Gasteiger partial charge in [0.2, 0.25) is 0 Å². The van der Waals surface area contributed by atoms with Gasteiger partial charge in [0.25, 0.3) is 5.92 Å². The molecule has 0 aliphatic carbocycles. The summed E-state index contributed by atoms with van der Waals surface area (Å²) >= 11 is 1.41. The number of ether oxygens (including phenoxy) is 1. The number of alkyl halides is 2. The van der Waals surface area contributed by atoms with Gasteiger partial charge in [-0.1, -0.05) is 0 Å². The van der Waals surface area contributed by atoms with Crippen LogP contribution in [0.2, 0.25) is 0 Å². The minimum atomic E-state index is -2.50.